The van der Waals surface area contributed by atoms with E-state index in [4.69, 9.17) is 14.0 Å². The Bertz CT molecular complexity index is 565. The van der Waals surface area contributed by atoms with E-state index in [1.807, 2.05) is 6.07 Å². The van der Waals surface area contributed by atoms with Gasteiger partial charge in [0.2, 0.25) is 0 Å². The molecule has 3 rings (SSSR count). The number of fused-ring (bicyclic) bond motifs is 1. The fourth-order valence-electron chi connectivity index (χ4n) is 2.49. The zero-order valence-electron chi connectivity index (χ0n) is 11.0. The molecular formula is C14H16O5S. The number of carbonyl (C=O) groups is 1. The first-order valence-corrected chi connectivity index (χ1v) is 7.97. The second-order valence-electron chi connectivity index (χ2n) is 5.15. The molecule has 1 heterocycles. The van der Waals surface area contributed by atoms with E-state index in [9.17, 15) is 9.00 Å². The van der Waals surface area contributed by atoms with E-state index in [0.717, 1.165) is 36.8 Å². The first-order chi connectivity index (χ1) is 9.65. The van der Waals surface area contributed by atoms with Crippen molar-refractivity contribution >= 4 is 17.0 Å². The second kappa shape index (κ2) is 5.54. The number of ether oxygens (including phenoxy) is 2. The van der Waals surface area contributed by atoms with Gasteiger partial charge < -0.3 is 14.0 Å². The molecule has 1 aliphatic heterocycles. The standard InChI is InChI=1S/C14H16O5S/c15-14(19-8-20(16)17)12-7-11(9-3-4-9)6-10-2-1-5-18-13(10)12/h6-7,9H,1-5,8H2,(H,16,17). The lowest BCUT2D eigenvalue weighted by Crippen LogP contribution is -2.16. The molecule has 1 saturated carbocycles. The lowest BCUT2D eigenvalue weighted by molar-refractivity contribution is 0.0564. The van der Waals surface area contributed by atoms with E-state index in [-0.39, 0.29) is 0 Å². The normalized spacial score (nSPS) is 18.9. The molecule has 1 atom stereocenters. The molecule has 5 nitrogen and oxygen atoms in total. The molecular weight excluding hydrogens is 280 g/mol. The monoisotopic (exact) mass is 296 g/mol. The average molecular weight is 296 g/mol. The summed E-state index contributed by atoms with van der Waals surface area (Å²) in [5, 5.41) is 0. The summed E-state index contributed by atoms with van der Waals surface area (Å²) in [5.41, 5.74) is 2.57. The molecule has 0 saturated heterocycles. The van der Waals surface area contributed by atoms with Gasteiger partial charge in [0.15, 0.2) is 17.0 Å². The van der Waals surface area contributed by atoms with Crippen LogP contribution in [0.1, 0.15) is 46.7 Å². The summed E-state index contributed by atoms with van der Waals surface area (Å²) in [6.07, 6.45) is 4.13. The van der Waals surface area contributed by atoms with Gasteiger partial charge in [0.1, 0.15) is 11.3 Å². The predicted octanol–water partition coefficient (Wildman–Crippen LogP) is 2.23. The van der Waals surface area contributed by atoms with Gasteiger partial charge in [-0.3, -0.25) is 0 Å². The number of carbonyl (C=O) groups excluding carboxylic acids is 1. The Morgan fingerprint density at radius 3 is 2.95 bits per heavy atom. The van der Waals surface area contributed by atoms with E-state index in [0.29, 0.717) is 23.8 Å². The van der Waals surface area contributed by atoms with Gasteiger partial charge in [-0.25, -0.2) is 9.00 Å². The quantitative estimate of drug-likeness (QED) is 0.681. The number of hydrogen-bond acceptors (Lipinski definition) is 4. The van der Waals surface area contributed by atoms with Crippen molar-refractivity contribution in [3.8, 4) is 5.75 Å². The maximum atomic E-state index is 12.1. The maximum absolute atomic E-state index is 12.1. The van der Waals surface area contributed by atoms with Crippen molar-refractivity contribution in [2.45, 2.75) is 31.6 Å². The van der Waals surface area contributed by atoms with Crippen molar-refractivity contribution in [1.82, 2.24) is 0 Å². The van der Waals surface area contributed by atoms with E-state index in [2.05, 4.69) is 6.07 Å². The Morgan fingerprint density at radius 2 is 2.25 bits per heavy atom. The van der Waals surface area contributed by atoms with Gasteiger partial charge >= 0.3 is 5.97 Å². The summed E-state index contributed by atoms with van der Waals surface area (Å²) in [7, 11) is 0. The Hall–Kier alpha value is -1.40. The lowest BCUT2D eigenvalue weighted by Gasteiger charge is -2.21. The first-order valence-electron chi connectivity index (χ1n) is 6.69. The minimum Gasteiger partial charge on any atom is -0.492 e. The van der Waals surface area contributed by atoms with Crippen LogP contribution in [-0.2, 0) is 22.2 Å². The third-order valence-corrected chi connectivity index (χ3v) is 3.90. The van der Waals surface area contributed by atoms with E-state index in [1.54, 1.807) is 0 Å². The summed E-state index contributed by atoms with van der Waals surface area (Å²) >= 11 is -2.15. The van der Waals surface area contributed by atoms with Crippen LogP contribution in [0.4, 0.5) is 0 Å². The SMILES string of the molecule is O=C(OCS(=O)O)c1cc(C2CC2)cc2c1OCCC2. The molecule has 1 unspecified atom stereocenters. The zero-order chi connectivity index (χ0) is 14.1. The van der Waals surface area contributed by atoms with Crippen LogP contribution >= 0.6 is 0 Å². The highest BCUT2D eigenvalue weighted by atomic mass is 32.2. The topological polar surface area (TPSA) is 72.8 Å². The molecule has 108 valence electrons. The molecule has 20 heavy (non-hydrogen) atoms. The Morgan fingerprint density at radius 1 is 1.45 bits per heavy atom. The smallest absolute Gasteiger partial charge is 0.342 e. The van der Waals surface area contributed by atoms with Crippen LogP contribution in [0.5, 0.6) is 5.75 Å². The molecule has 0 aromatic heterocycles. The van der Waals surface area contributed by atoms with Crippen LogP contribution < -0.4 is 4.74 Å². The molecule has 1 N–H and O–H groups in total. The molecule has 2 aliphatic rings. The fraction of sp³-hybridized carbons (Fsp3) is 0.500. The number of rotatable bonds is 4. The van der Waals surface area contributed by atoms with Crippen LogP contribution in [0.25, 0.3) is 0 Å². The summed E-state index contributed by atoms with van der Waals surface area (Å²) in [4.78, 5) is 12.1. The van der Waals surface area contributed by atoms with Gasteiger partial charge in [0, 0.05) is 0 Å². The summed E-state index contributed by atoms with van der Waals surface area (Å²) < 4.78 is 29.8. The van der Waals surface area contributed by atoms with Crippen molar-refractivity contribution in [3.05, 3.63) is 28.8 Å². The van der Waals surface area contributed by atoms with Crippen LogP contribution in [-0.4, -0.2) is 27.3 Å². The van der Waals surface area contributed by atoms with Crippen LogP contribution in [0.15, 0.2) is 12.1 Å². The van der Waals surface area contributed by atoms with E-state index >= 15 is 0 Å². The van der Waals surface area contributed by atoms with Gasteiger partial charge in [-0.2, -0.15) is 0 Å². The highest BCUT2D eigenvalue weighted by molar-refractivity contribution is 7.79. The summed E-state index contributed by atoms with van der Waals surface area (Å²) in [6.45, 7) is 0.585. The number of hydrogen-bond donors (Lipinski definition) is 1. The highest BCUT2D eigenvalue weighted by Gasteiger charge is 2.29. The second-order valence-corrected chi connectivity index (χ2v) is 6.03. The molecule has 1 aliphatic carbocycles. The number of aryl methyl sites for hydroxylation is 1. The van der Waals surface area contributed by atoms with Crippen molar-refractivity contribution in [2.24, 2.45) is 0 Å². The van der Waals surface area contributed by atoms with Gasteiger partial charge in [0.05, 0.1) is 6.61 Å². The Balaban J connectivity index is 1.92. The van der Waals surface area contributed by atoms with E-state index in [1.165, 1.54) is 0 Å². The van der Waals surface area contributed by atoms with Crippen LogP contribution in [0.3, 0.4) is 0 Å². The molecule has 0 bridgehead atoms. The van der Waals surface area contributed by atoms with Gasteiger partial charge in [0.25, 0.3) is 0 Å². The van der Waals surface area contributed by atoms with Crippen molar-refractivity contribution in [2.75, 3.05) is 12.5 Å². The molecule has 0 amide bonds. The zero-order valence-corrected chi connectivity index (χ0v) is 11.8. The largest absolute Gasteiger partial charge is 0.492 e. The molecule has 1 aromatic rings. The summed E-state index contributed by atoms with van der Waals surface area (Å²) in [5.74, 6) is 0.00419. The van der Waals surface area contributed by atoms with Crippen molar-refractivity contribution < 1.29 is 23.0 Å². The summed E-state index contributed by atoms with van der Waals surface area (Å²) in [6, 6.07) is 3.93. The molecule has 6 heteroatoms. The predicted molar refractivity (Wildman–Crippen MR) is 73.3 cm³/mol. The van der Waals surface area contributed by atoms with Gasteiger partial charge in [-0.05, 0) is 48.8 Å². The minimum absolute atomic E-state index is 0.384. The maximum Gasteiger partial charge on any atom is 0.342 e. The minimum atomic E-state index is -2.15. The Labute approximate surface area is 119 Å². The third kappa shape index (κ3) is 2.86. The van der Waals surface area contributed by atoms with Crippen molar-refractivity contribution in [3.63, 3.8) is 0 Å². The van der Waals surface area contributed by atoms with Crippen LogP contribution in [0, 0.1) is 0 Å². The molecule has 0 radical (unpaired) electrons. The number of esters is 1. The van der Waals surface area contributed by atoms with E-state index < -0.39 is 23.0 Å². The average Bonchev–Trinajstić information content (AvgIpc) is 3.28. The third-order valence-electron chi connectivity index (χ3n) is 3.58. The molecule has 1 aromatic carbocycles. The van der Waals surface area contributed by atoms with Gasteiger partial charge in [-0.15, -0.1) is 0 Å². The van der Waals surface area contributed by atoms with Crippen molar-refractivity contribution in [1.29, 1.82) is 0 Å². The first kappa shape index (κ1) is 13.6. The fourth-order valence-corrected chi connectivity index (χ4v) is 2.70. The highest BCUT2D eigenvalue weighted by Crippen LogP contribution is 2.43. The lowest BCUT2D eigenvalue weighted by atomic mass is 9.97. The Kier molecular flexibility index (Phi) is 3.76. The molecule has 1 fully saturated rings. The number of benzene rings is 1. The van der Waals surface area contributed by atoms with Gasteiger partial charge in [-0.1, -0.05) is 6.07 Å². The molecule has 0 spiro atoms. The van der Waals surface area contributed by atoms with Crippen LogP contribution in [0.2, 0.25) is 0 Å².